The molecular formula is C32H44ClN2O10-. The van der Waals surface area contributed by atoms with Crippen molar-refractivity contribution in [2.45, 2.75) is 115 Å². The number of esters is 2. The Bertz CT molecular complexity index is 1350. The molecule has 1 aliphatic heterocycles. The Labute approximate surface area is 268 Å². The van der Waals surface area contributed by atoms with E-state index in [0.717, 1.165) is 10.6 Å². The van der Waals surface area contributed by atoms with Gasteiger partial charge in [-0.1, -0.05) is 46.3 Å². The molecule has 4 aliphatic carbocycles. The summed E-state index contributed by atoms with van der Waals surface area (Å²) in [5.74, 6) is -2.60. The molecule has 5 rings (SSSR count). The number of ketones is 1. The number of nitrogens with zero attached hydrogens (tertiary/aromatic N) is 2. The smallest absolute Gasteiger partial charge is 0.306 e. The summed E-state index contributed by atoms with van der Waals surface area (Å²) in [6.07, 6.45) is 4.92. The van der Waals surface area contributed by atoms with E-state index in [1.165, 1.54) is 6.08 Å². The fraction of sp³-hybridized carbons (Fsp3) is 0.781. The summed E-state index contributed by atoms with van der Waals surface area (Å²) in [5.41, 5.74) is -6.13. The number of hydrogen-bond donors (Lipinski definition) is 0. The van der Waals surface area contributed by atoms with Gasteiger partial charge in [0.05, 0.1) is 11.5 Å². The summed E-state index contributed by atoms with van der Waals surface area (Å²) in [7, 11) is 0. The molecule has 1 saturated heterocycles. The van der Waals surface area contributed by atoms with Crippen molar-refractivity contribution in [3.8, 4) is 0 Å². The highest BCUT2D eigenvalue weighted by molar-refractivity contribution is 6.26. The number of hydroxylamine groups is 2. The molecule has 0 aromatic carbocycles. The van der Waals surface area contributed by atoms with Gasteiger partial charge in [0, 0.05) is 35.1 Å². The van der Waals surface area contributed by atoms with Gasteiger partial charge < -0.3 is 29.3 Å². The molecule has 45 heavy (non-hydrogen) atoms. The number of fused-ring (bicyclic) bond motifs is 5. The highest BCUT2D eigenvalue weighted by Gasteiger charge is 2.81. The summed E-state index contributed by atoms with van der Waals surface area (Å²) >= 11 is 7.73. The number of ether oxygens (including phenoxy) is 3. The lowest BCUT2D eigenvalue weighted by Gasteiger charge is -2.67. The van der Waals surface area contributed by atoms with Crippen molar-refractivity contribution in [3.05, 3.63) is 39.1 Å². The number of alkyl halides is 1. The van der Waals surface area contributed by atoms with Crippen molar-refractivity contribution in [1.82, 2.24) is 5.06 Å². The van der Waals surface area contributed by atoms with E-state index in [9.17, 15) is 29.7 Å². The maximum Gasteiger partial charge on any atom is 0.306 e. The van der Waals surface area contributed by atoms with E-state index in [1.54, 1.807) is 39.8 Å². The molecule has 4 fully saturated rings. The van der Waals surface area contributed by atoms with E-state index in [0.29, 0.717) is 19.3 Å². The minimum absolute atomic E-state index is 0.00889. The average molecular weight is 652 g/mol. The average Bonchev–Trinajstić information content (AvgIpc) is 3.34. The number of carbonyl (C=O) groups is 3. The largest absolute Gasteiger partial charge is 0.783 e. The number of rotatable bonds is 8. The number of carbonyl (C=O) groups excluding carboxylic acids is 3. The highest BCUT2D eigenvalue weighted by atomic mass is 35.5. The predicted molar refractivity (Wildman–Crippen MR) is 162 cm³/mol. The molecule has 3 saturated carbocycles. The van der Waals surface area contributed by atoms with Crippen LogP contribution in [-0.2, 0) is 33.4 Å². The zero-order chi connectivity index (χ0) is 33.4. The molecule has 0 amide bonds. The van der Waals surface area contributed by atoms with Gasteiger partial charge in [-0.2, -0.15) is 0 Å². The molecule has 13 heteroatoms. The maximum absolute atomic E-state index is 14.5. The van der Waals surface area contributed by atoms with E-state index in [1.807, 2.05) is 20.8 Å². The summed E-state index contributed by atoms with van der Waals surface area (Å²) in [4.78, 5) is 54.7. The topological polar surface area (TPSA) is 158 Å². The molecule has 9 atom stereocenters. The molecule has 0 aromatic heterocycles. The number of allylic oxidation sites excluding steroid dienone is 4. The lowest BCUT2D eigenvalue weighted by molar-refractivity contribution is -0.772. The van der Waals surface area contributed by atoms with Crippen LogP contribution in [-0.4, -0.2) is 68.9 Å². The normalized spacial score (nSPS) is 43.5. The second-order valence-electron chi connectivity index (χ2n) is 14.5. The fourth-order valence-electron chi connectivity index (χ4n) is 9.74. The fourth-order valence-corrected chi connectivity index (χ4v) is 10.3. The van der Waals surface area contributed by atoms with Gasteiger partial charge in [-0.25, -0.2) is 0 Å². The van der Waals surface area contributed by atoms with E-state index in [-0.39, 0.29) is 37.6 Å². The molecule has 250 valence electrons. The van der Waals surface area contributed by atoms with Gasteiger partial charge in [0.2, 0.25) is 0 Å². The molecular weight excluding hydrogens is 608 g/mol. The highest BCUT2D eigenvalue weighted by Crippen LogP contribution is 2.75. The van der Waals surface area contributed by atoms with Crippen LogP contribution in [0.3, 0.4) is 0 Å². The van der Waals surface area contributed by atoms with Crippen molar-refractivity contribution in [2.75, 3.05) is 13.2 Å². The van der Waals surface area contributed by atoms with Gasteiger partial charge in [-0.15, -0.1) is 21.7 Å². The van der Waals surface area contributed by atoms with E-state index < -0.39 is 74.1 Å². The van der Waals surface area contributed by atoms with Crippen molar-refractivity contribution in [2.24, 2.45) is 28.6 Å². The van der Waals surface area contributed by atoms with Crippen molar-refractivity contribution < 1.29 is 38.5 Å². The Kier molecular flexibility index (Phi) is 8.28. The quantitative estimate of drug-likeness (QED) is 0.150. The molecule has 0 radical (unpaired) electrons. The van der Waals surface area contributed by atoms with E-state index >= 15 is 0 Å². The van der Waals surface area contributed by atoms with Gasteiger partial charge in [0.25, 0.3) is 5.09 Å². The van der Waals surface area contributed by atoms with Crippen LogP contribution >= 0.6 is 11.6 Å². The third-order valence-corrected chi connectivity index (χ3v) is 12.7. The lowest BCUT2D eigenvalue weighted by Crippen LogP contribution is -2.77. The summed E-state index contributed by atoms with van der Waals surface area (Å²) in [5, 5.41) is 26.6. The molecule has 3 unspecified atom stereocenters. The van der Waals surface area contributed by atoms with Gasteiger partial charge in [-0.05, 0) is 63.5 Å². The molecule has 0 N–H and O–H groups in total. The Hall–Kier alpha value is -2.54. The predicted octanol–water partition coefficient (Wildman–Crippen LogP) is 5.04. The van der Waals surface area contributed by atoms with Gasteiger partial charge in [0.1, 0.15) is 12.7 Å². The second-order valence-corrected chi connectivity index (χ2v) is 15.1. The SMILES string of the molecule is CCC(=O)OCC1([C@@]2(OC(=O)CC)[C@@H](C)CC3C4CCC5=CC(=O)C=C[C@]5(C)[C@@]4(Cl)[C@@H](O[N+](=O)[O-])C[C@@]32C)OCC(C)(C)N1[O-]. The minimum Gasteiger partial charge on any atom is -0.783 e. The van der Waals surface area contributed by atoms with Crippen LogP contribution in [0.2, 0.25) is 0 Å². The van der Waals surface area contributed by atoms with Crippen LogP contribution in [0.15, 0.2) is 23.8 Å². The zero-order valence-corrected chi connectivity index (χ0v) is 27.8. The first-order valence-electron chi connectivity index (χ1n) is 15.8. The minimum atomic E-state index is -1.97. The van der Waals surface area contributed by atoms with Crippen LogP contribution in [0.25, 0.3) is 0 Å². The molecule has 0 aromatic rings. The van der Waals surface area contributed by atoms with Crippen LogP contribution in [0.5, 0.6) is 0 Å². The van der Waals surface area contributed by atoms with Crippen molar-refractivity contribution >= 4 is 29.3 Å². The van der Waals surface area contributed by atoms with Gasteiger partial charge in [0.15, 0.2) is 17.1 Å². The molecule has 0 spiro atoms. The van der Waals surface area contributed by atoms with Crippen LogP contribution in [0.1, 0.15) is 87.0 Å². The third-order valence-electron chi connectivity index (χ3n) is 11.8. The standard InChI is InChI=1S/C32H44ClN2O10/c1-8-25(37)42-18-30(34(39)27(4,5)17-43-30)32(44-26(38)9-2)19(3)14-23-22-11-10-20-15-21(36)12-13-28(20,6)31(22,33)24(45-35(40)41)16-29(23,32)7/h12-13,15,19,22-24H,8-11,14,16-18H2,1-7H3/q-1/t19-,22?,23?,24-,28-,29-,30?,31-,32+/m0/s1. The third kappa shape index (κ3) is 4.45. The Morgan fingerprint density at radius 3 is 2.40 bits per heavy atom. The van der Waals surface area contributed by atoms with Gasteiger partial charge in [-0.3, -0.25) is 14.4 Å². The Morgan fingerprint density at radius 2 is 1.82 bits per heavy atom. The van der Waals surface area contributed by atoms with Crippen LogP contribution in [0.4, 0.5) is 0 Å². The number of halogens is 1. The molecule has 5 aliphatic rings. The first-order chi connectivity index (χ1) is 20.9. The van der Waals surface area contributed by atoms with E-state index in [4.69, 9.17) is 30.6 Å². The van der Waals surface area contributed by atoms with Crippen molar-refractivity contribution in [1.29, 1.82) is 0 Å². The lowest BCUT2D eigenvalue weighted by atomic mass is 9.45. The molecule has 12 nitrogen and oxygen atoms in total. The van der Waals surface area contributed by atoms with E-state index in [2.05, 4.69) is 0 Å². The summed E-state index contributed by atoms with van der Waals surface area (Å²) in [6, 6.07) is 0. The molecule has 1 heterocycles. The molecule has 0 bridgehead atoms. The first-order valence-corrected chi connectivity index (χ1v) is 16.2. The summed E-state index contributed by atoms with van der Waals surface area (Å²) < 4.78 is 18.7. The zero-order valence-electron chi connectivity index (χ0n) is 27.1. The van der Waals surface area contributed by atoms with Gasteiger partial charge >= 0.3 is 11.9 Å². The Morgan fingerprint density at radius 1 is 1.16 bits per heavy atom. The summed E-state index contributed by atoms with van der Waals surface area (Å²) in [6.45, 7) is 11.8. The van der Waals surface area contributed by atoms with Crippen LogP contribution in [0, 0.1) is 43.9 Å². The Balaban J connectivity index is 1.76. The first kappa shape index (κ1) is 33.8. The second kappa shape index (κ2) is 11.0. The van der Waals surface area contributed by atoms with Crippen molar-refractivity contribution in [3.63, 3.8) is 0 Å². The monoisotopic (exact) mass is 651 g/mol. The number of hydrogen-bond acceptors (Lipinski definition) is 11. The van der Waals surface area contributed by atoms with Crippen LogP contribution < -0.4 is 0 Å². The maximum atomic E-state index is 14.5.